The third-order valence-electron chi connectivity index (χ3n) is 3.68. The number of rotatable bonds is 4. The first-order chi connectivity index (χ1) is 10.3. The van der Waals surface area contributed by atoms with Gasteiger partial charge in [0.05, 0.1) is 11.9 Å². The highest BCUT2D eigenvalue weighted by Gasteiger charge is 2.24. The fourth-order valence-electron chi connectivity index (χ4n) is 2.45. The maximum atomic E-state index is 12.2. The largest absolute Gasteiger partial charge is 0.377 e. The maximum absolute atomic E-state index is 12.2. The summed E-state index contributed by atoms with van der Waals surface area (Å²) in [5.41, 5.74) is 1.68. The van der Waals surface area contributed by atoms with E-state index in [1.165, 1.54) is 0 Å². The Bertz CT molecular complexity index is 666. The van der Waals surface area contributed by atoms with Gasteiger partial charge in [-0.05, 0) is 56.4 Å². The normalized spacial score (nSPS) is 19.0. The van der Waals surface area contributed by atoms with Crippen LogP contribution in [0.4, 0.5) is 0 Å². The van der Waals surface area contributed by atoms with E-state index in [4.69, 9.17) is 16.3 Å². The Kier molecular flexibility index (Phi) is 5.47. The monoisotopic (exact) mass is 345 g/mol. The molecule has 1 unspecified atom stereocenters. The van der Waals surface area contributed by atoms with Crippen LogP contribution < -0.4 is 4.72 Å². The number of benzene rings is 1. The minimum absolute atomic E-state index is 0.190. The van der Waals surface area contributed by atoms with E-state index in [9.17, 15) is 13.2 Å². The highest BCUT2D eigenvalue weighted by molar-refractivity contribution is 7.90. The Morgan fingerprint density at radius 2 is 2.05 bits per heavy atom. The van der Waals surface area contributed by atoms with Crippen LogP contribution in [0.1, 0.15) is 40.7 Å². The van der Waals surface area contributed by atoms with E-state index in [0.29, 0.717) is 29.2 Å². The SMILES string of the molecule is Cc1cc(C(=O)NS(=O)(=O)CC2CCCCO2)c(C)cc1Cl. The van der Waals surface area contributed by atoms with Crippen LogP contribution in [0.15, 0.2) is 12.1 Å². The van der Waals surface area contributed by atoms with E-state index in [1.807, 2.05) is 0 Å². The molecule has 0 saturated carbocycles. The van der Waals surface area contributed by atoms with Crippen LogP contribution in [0, 0.1) is 13.8 Å². The summed E-state index contributed by atoms with van der Waals surface area (Å²) in [6.07, 6.45) is 2.26. The second-order valence-corrected chi connectivity index (χ2v) is 7.79. The number of nitrogens with one attached hydrogen (secondary N) is 1. The van der Waals surface area contributed by atoms with Crippen LogP contribution in [0.3, 0.4) is 0 Å². The minimum atomic E-state index is -3.73. The van der Waals surface area contributed by atoms with Gasteiger partial charge in [-0.1, -0.05) is 11.6 Å². The lowest BCUT2D eigenvalue weighted by Crippen LogP contribution is -2.38. The smallest absolute Gasteiger partial charge is 0.265 e. The van der Waals surface area contributed by atoms with Crippen molar-refractivity contribution < 1.29 is 17.9 Å². The lowest BCUT2D eigenvalue weighted by molar-refractivity contribution is 0.0304. The predicted octanol–water partition coefficient (Wildman–Crippen LogP) is 2.59. The Morgan fingerprint density at radius 3 is 2.68 bits per heavy atom. The van der Waals surface area contributed by atoms with E-state index in [1.54, 1.807) is 26.0 Å². The first-order valence-corrected chi connectivity index (χ1v) is 9.25. The Labute approximate surface area is 136 Å². The summed E-state index contributed by atoms with van der Waals surface area (Å²) in [4.78, 5) is 12.2. The van der Waals surface area contributed by atoms with E-state index in [-0.39, 0.29) is 11.9 Å². The Balaban J connectivity index is 2.08. The quantitative estimate of drug-likeness (QED) is 0.910. The highest BCUT2D eigenvalue weighted by Crippen LogP contribution is 2.21. The van der Waals surface area contributed by atoms with Crippen molar-refractivity contribution in [3.8, 4) is 0 Å². The molecule has 1 aromatic rings. The summed E-state index contributed by atoms with van der Waals surface area (Å²) in [5, 5.41) is 0.549. The molecule has 1 saturated heterocycles. The molecular weight excluding hydrogens is 326 g/mol. The predicted molar refractivity (Wildman–Crippen MR) is 85.8 cm³/mol. The fourth-order valence-corrected chi connectivity index (χ4v) is 3.89. The molecule has 0 spiro atoms. The molecule has 7 heteroatoms. The van der Waals surface area contributed by atoms with Crippen LogP contribution in [-0.2, 0) is 14.8 Å². The molecule has 0 aliphatic carbocycles. The van der Waals surface area contributed by atoms with E-state index < -0.39 is 15.9 Å². The summed E-state index contributed by atoms with van der Waals surface area (Å²) in [7, 11) is -3.73. The van der Waals surface area contributed by atoms with Gasteiger partial charge in [-0.3, -0.25) is 4.79 Å². The highest BCUT2D eigenvalue weighted by atomic mass is 35.5. The lowest BCUT2D eigenvalue weighted by Gasteiger charge is -2.22. The van der Waals surface area contributed by atoms with Gasteiger partial charge >= 0.3 is 0 Å². The van der Waals surface area contributed by atoms with E-state index >= 15 is 0 Å². The van der Waals surface area contributed by atoms with Gasteiger partial charge in [0.1, 0.15) is 0 Å². The molecule has 2 rings (SSSR count). The van der Waals surface area contributed by atoms with Gasteiger partial charge in [-0.15, -0.1) is 0 Å². The number of carbonyl (C=O) groups excluding carboxylic acids is 1. The number of amides is 1. The van der Waals surface area contributed by atoms with Crippen LogP contribution in [-0.4, -0.2) is 32.8 Å². The molecule has 1 N–H and O–H groups in total. The molecule has 1 fully saturated rings. The van der Waals surface area contributed by atoms with Gasteiger partial charge in [0.15, 0.2) is 0 Å². The molecule has 0 bridgehead atoms. The number of sulfonamides is 1. The second-order valence-electron chi connectivity index (χ2n) is 5.62. The van der Waals surface area contributed by atoms with Crippen LogP contribution in [0.5, 0.6) is 0 Å². The van der Waals surface area contributed by atoms with Crippen molar-refractivity contribution in [2.24, 2.45) is 0 Å². The first kappa shape index (κ1) is 17.2. The molecule has 1 amide bonds. The number of ether oxygens (including phenoxy) is 1. The third kappa shape index (κ3) is 4.44. The molecule has 5 nitrogen and oxygen atoms in total. The standard InChI is InChI=1S/C15H20ClNO4S/c1-10-8-14(16)11(2)7-13(10)15(18)17-22(19,20)9-12-5-3-4-6-21-12/h7-8,12H,3-6,9H2,1-2H3,(H,17,18). The van der Waals surface area contributed by atoms with Crippen molar-refractivity contribution in [2.75, 3.05) is 12.4 Å². The molecule has 0 aromatic heterocycles. The van der Waals surface area contributed by atoms with E-state index in [2.05, 4.69) is 4.72 Å². The van der Waals surface area contributed by atoms with Crippen molar-refractivity contribution in [1.82, 2.24) is 4.72 Å². The number of carbonyl (C=O) groups is 1. The number of halogens is 1. The summed E-state index contributed by atoms with van der Waals surface area (Å²) >= 11 is 5.99. The minimum Gasteiger partial charge on any atom is -0.377 e. The van der Waals surface area contributed by atoms with Crippen molar-refractivity contribution >= 4 is 27.5 Å². The summed E-state index contributed by atoms with van der Waals surface area (Å²) in [6, 6.07) is 3.25. The molecule has 1 atom stereocenters. The van der Waals surface area contributed by atoms with Crippen LogP contribution in [0.25, 0.3) is 0 Å². The Morgan fingerprint density at radius 1 is 1.32 bits per heavy atom. The second kappa shape index (κ2) is 6.98. The topological polar surface area (TPSA) is 72.5 Å². The third-order valence-corrected chi connectivity index (χ3v) is 5.39. The molecule has 1 heterocycles. The molecule has 22 heavy (non-hydrogen) atoms. The van der Waals surface area contributed by atoms with Gasteiger partial charge in [-0.2, -0.15) is 0 Å². The average Bonchev–Trinajstić information content (AvgIpc) is 2.42. The van der Waals surface area contributed by atoms with Crippen LogP contribution in [0.2, 0.25) is 5.02 Å². The maximum Gasteiger partial charge on any atom is 0.265 e. The van der Waals surface area contributed by atoms with Crippen LogP contribution >= 0.6 is 11.6 Å². The molecule has 122 valence electrons. The molecular formula is C15H20ClNO4S. The first-order valence-electron chi connectivity index (χ1n) is 7.21. The molecule has 1 aromatic carbocycles. The molecule has 1 aliphatic heterocycles. The van der Waals surface area contributed by atoms with Gasteiger partial charge in [0, 0.05) is 17.2 Å². The zero-order valence-electron chi connectivity index (χ0n) is 12.7. The van der Waals surface area contributed by atoms with Crippen molar-refractivity contribution in [3.05, 3.63) is 33.8 Å². The van der Waals surface area contributed by atoms with Gasteiger partial charge in [-0.25, -0.2) is 13.1 Å². The van der Waals surface area contributed by atoms with Crippen molar-refractivity contribution in [2.45, 2.75) is 39.2 Å². The zero-order chi connectivity index (χ0) is 16.3. The molecule has 0 radical (unpaired) electrons. The average molecular weight is 346 g/mol. The van der Waals surface area contributed by atoms with Gasteiger partial charge in [0.25, 0.3) is 5.91 Å². The number of hydrogen-bond acceptors (Lipinski definition) is 4. The number of hydrogen-bond donors (Lipinski definition) is 1. The summed E-state index contributed by atoms with van der Waals surface area (Å²) in [5.74, 6) is -0.822. The van der Waals surface area contributed by atoms with Crippen molar-refractivity contribution in [1.29, 1.82) is 0 Å². The van der Waals surface area contributed by atoms with Crippen molar-refractivity contribution in [3.63, 3.8) is 0 Å². The lowest BCUT2D eigenvalue weighted by atomic mass is 10.1. The zero-order valence-corrected chi connectivity index (χ0v) is 14.3. The Hall–Kier alpha value is -1.11. The van der Waals surface area contributed by atoms with E-state index in [0.717, 1.165) is 18.4 Å². The number of aryl methyl sites for hydroxylation is 2. The fraction of sp³-hybridized carbons (Fsp3) is 0.533. The summed E-state index contributed by atoms with van der Waals surface area (Å²) < 4.78 is 31.7. The van der Waals surface area contributed by atoms with Gasteiger partial charge < -0.3 is 4.74 Å². The molecule has 1 aliphatic rings. The summed E-state index contributed by atoms with van der Waals surface area (Å²) in [6.45, 7) is 4.06. The van der Waals surface area contributed by atoms with Gasteiger partial charge in [0.2, 0.25) is 10.0 Å².